The molecule has 28 heavy (non-hydrogen) atoms. The Labute approximate surface area is 167 Å². The van der Waals surface area contributed by atoms with E-state index in [9.17, 15) is 17.6 Å². The lowest BCUT2D eigenvalue weighted by Gasteiger charge is -2.37. The molecule has 0 radical (unpaired) electrons. The number of morpholine rings is 1. The first-order valence-corrected chi connectivity index (χ1v) is 11.7. The van der Waals surface area contributed by atoms with Crippen LogP contribution < -0.4 is 10.2 Å². The van der Waals surface area contributed by atoms with Gasteiger partial charge in [0, 0.05) is 19.6 Å². The van der Waals surface area contributed by atoms with Crippen molar-refractivity contribution < 1.29 is 22.3 Å². The summed E-state index contributed by atoms with van der Waals surface area (Å²) in [4.78, 5) is 13.9. The molecular weight excluding hydrogens is 383 g/mol. The number of carbonyl (C=O) groups excluding carboxylic acids is 1. The molecule has 1 aromatic rings. The summed E-state index contributed by atoms with van der Waals surface area (Å²) in [6.45, 7) is 7.24. The van der Waals surface area contributed by atoms with Gasteiger partial charge in [0.2, 0.25) is 5.91 Å². The highest BCUT2D eigenvalue weighted by Crippen LogP contribution is 2.24. The van der Waals surface area contributed by atoms with E-state index in [0.29, 0.717) is 30.8 Å². The van der Waals surface area contributed by atoms with Crippen LogP contribution in [-0.4, -0.2) is 51.1 Å². The van der Waals surface area contributed by atoms with E-state index in [-0.39, 0.29) is 30.3 Å². The van der Waals surface area contributed by atoms with E-state index in [1.165, 1.54) is 6.07 Å². The van der Waals surface area contributed by atoms with Gasteiger partial charge in [0.05, 0.1) is 23.6 Å². The van der Waals surface area contributed by atoms with Gasteiger partial charge in [0.25, 0.3) is 0 Å². The highest BCUT2D eigenvalue weighted by Gasteiger charge is 2.24. The number of nitrogens with one attached hydrogen (secondary N) is 1. The summed E-state index contributed by atoms with van der Waals surface area (Å²) in [6.07, 6.45) is 2.37. The molecule has 1 aliphatic rings. The Morgan fingerprint density at radius 2 is 1.93 bits per heavy atom. The number of benzene rings is 1. The molecule has 1 fully saturated rings. The van der Waals surface area contributed by atoms with Crippen molar-refractivity contribution in [2.45, 2.75) is 58.8 Å². The number of hydrogen-bond donors (Lipinski definition) is 1. The highest BCUT2D eigenvalue weighted by molar-refractivity contribution is 7.92. The van der Waals surface area contributed by atoms with Gasteiger partial charge in [-0.25, -0.2) is 12.8 Å². The molecule has 0 spiro atoms. The van der Waals surface area contributed by atoms with Crippen molar-refractivity contribution in [3.63, 3.8) is 0 Å². The molecule has 2 rings (SSSR count). The second-order valence-corrected chi connectivity index (χ2v) is 9.71. The number of amides is 1. The lowest BCUT2D eigenvalue weighted by Crippen LogP contribution is -2.45. The molecular formula is C20H31FN2O4S. The van der Waals surface area contributed by atoms with Crippen LogP contribution in [0.4, 0.5) is 10.1 Å². The molecule has 0 aliphatic carbocycles. The zero-order chi connectivity index (χ0) is 20.7. The standard InChI is InChI=1S/C20H31FN2O4S/c1-4-5-6-9-28(25,26)14-20(24)22-11-17-7-8-19(18(21)10-17)23-12-15(2)27-16(3)13-23/h7-8,10,15-16H,4-6,9,11-14H2,1-3H3,(H,22,24). The molecule has 1 aromatic carbocycles. The van der Waals surface area contributed by atoms with E-state index in [1.807, 2.05) is 25.7 Å². The summed E-state index contributed by atoms with van der Waals surface area (Å²) >= 11 is 0. The van der Waals surface area contributed by atoms with Gasteiger partial charge in [-0.1, -0.05) is 25.8 Å². The van der Waals surface area contributed by atoms with E-state index < -0.39 is 21.5 Å². The molecule has 1 saturated heterocycles. The molecule has 8 heteroatoms. The lowest BCUT2D eigenvalue weighted by atomic mass is 10.1. The van der Waals surface area contributed by atoms with Crippen molar-refractivity contribution >= 4 is 21.4 Å². The summed E-state index contributed by atoms with van der Waals surface area (Å²) in [5.74, 6) is -1.42. The Kier molecular flexibility index (Phi) is 8.24. The van der Waals surface area contributed by atoms with Gasteiger partial charge in [0.15, 0.2) is 9.84 Å². The van der Waals surface area contributed by atoms with E-state index in [1.54, 1.807) is 12.1 Å². The normalized spacial score (nSPS) is 20.2. The quantitative estimate of drug-likeness (QED) is 0.629. The van der Waals surface area contributed by atoms with E-state index in [0.717, 1.165) is 12.8 Å². The predicted molar refractivity (Wildman–Crippen MR) is 109 cm³/mol. The summed E-state index contributed by atoms with van der Waals surface area (Å²) in [7, 11) is -3.40. The van der Waals surface area contributed by atoms with Crippen LogP contribution in [0, 0.1) is 5.82 Å². The minimum Gasteiger partial charge on any atom is -0.372 e. The smallest absolute Gasteiger partial charge is 0.235 e. The van der Waals surface area contributed by atoms with Crippen molar-refractivity contribution in [2.24, 2.45) is 0 Å². The Hall–Kier alpha value is -1.67. The molecule has 0 bridgehead atoms. The molecule has 2 atom stereocenters. The summed E-state index contributed by atoms with van der Waals surface area (Å²) in [5, 5.41) is 2.57. The third kappa shape index (κ3) is 7.05. The first-order chi connectivity index (χ1) is 13.2. The van der Waals surface area contributed by atoms with Crippen LogP contribution in [0.25, 0.3) is 0 Å². The monoisotopic (exact) mass is 414 g/mol. The number of anilines is 1. The van der Waals surface area contributed by atoms with Gasteiger partial charge in [-0.3, -0.25) is 4.79 Å². The molecule has 0 aromatic heterocycles. The van der Waals surface area contributed by atoms with E-state index >= 15 is 0 Å². The first kappa shape index (κ1) is 22.6. The molecule has 158 valence electrons. The number of hydrogen-bond acceptors (Lipinski definition) is 5. The highest BCUT2D eigenvalue weighted by atomic mass is 32.2. The number of nitrogens with zero attached hydrogens (tertiary/aromatic N) is 1. The van der Waals surface area contributed by atoms with Crippen LogP contribution in [0.5, 0.6) is 0 Å². The zero-order valence-corrected chi connectivity index (χ0v) is 17.7. The number of carbonyl (C=O) groups is 1. The van der Waals surface area contributed by atoms with Gasteiger partial charge in [0.1, 0.15) is 11.6 Å². The number of halogens is 1. The Bertz CT molecular complexity index is 759. The van der Waals surface area contributed by atoms with Crippen LogP contribution in [0.2, 0.25) is 0 Å². The topological polar surface area (TPSA) is 75.7 Å². The molecule has 6 nitrogen and oxygen atoms in total. The third-order valence-electron chi connectivity index (χ3n) is 4.67. The SMILES string of the molecule is CCCCCS(=O)(=O)CC(=O)NCc1ccc(N2CC(C)OC(C)C2)c(F)c1. The maximum Gasteiger partial charge on any atom is 0.235 e. The lowest BCUT2D eigenvalue weighted by molar-refractivity contribution is -0.118. The largest absolute Gasteiger partial charge is 0.372 e. The maximum atomic E-state index is 14.6. The average Bonchev–Trinajstić information content (AvgIpc) is 2.59. The molecule has 1 amide bonds. The third-order valence-corrected chi connectivity index (χ3v) is 6.28. The molecule has 2 unspecified atom stereocenters. The average molecular weight is 415 g/mol. The zero-order valence-electron chi connectivity index (χ0n) is 16.9. The molecule has 1 heterocycles. The van der Waals surface area contributed by atoms with Gasteiger partial charge >= 0.3 is 0 Å². The van der Waals surface area contributed by atoms with Gasteiger partial charge in [-0.05, 0) is 38.0 Å². The fraction of sp³-hybridized carbons (Fsp3) is 0.650. The molecule has 1 aliphatic heterocycles. The minimum absolute atomic E-state index is 0.0218. The van der Waals surface area contributed by atoms with Gasteiger partial charge in [-0.2, -0.15) is 0 Å². The number of ether oxygens (including phenoxy) is 1. The summed E-state index contributed by atoms with van der Waals surface area (Å²) in [5.41, 5.74) is 1.10. The number of rotatable bonds is 9. The van der Waals surface area contributed by atoms with Gasteiger partial charge < -0.3 is 15.0 Å². The molecule has 0 saturated carbocycles. The van der Waals surface area contributed by atoms with Crippen molar-refractivity contribution in [2.75, 3.05) is 29.5 Å². The van der Waals surface area contributed by atoms with E-state index in [2.05, 4.69) is 5.32 Å². The first-order valence-electron chi connectivity index (χ1n) is 9.86. The van der Waals surface area contributed by atoms with Crippen molar-refractivity contribution in [3.8, 4) is 0 Å². The number of unbranched alkanes of at least 4 members (excludes halogenated alkanes) is 2. The summed E-state index contributed by atoms with van der Waals surface area (Å²) < 4.78 is 44.1. The maximum absolute atomic E-state index is 14.6. The fourth-order valence-corrected chi connectivity index (χ4v) is 4.68. The van der Waals surface area contributed by atoms with Crippen LogP contribution >= 0.6 is 0 Å². The predicted octanol–water partition coefficient (Wildman–Crippen LogP) is 2.66. The van der Waals surface area contributed by atoms with Crippen molar-refractivity contribution in [1.82, 2.24) is 5.32 Å². The summed E-state index contributed by atoms with van der Waals surface area (Å²) in [6, 6.07) is 4.83. The van der Waals surface area contributed by atoms with Crippen LogP contribution in [0.1, 0.15) is 45.6 Å². The second kappa shape index (κ2) is 10.2. The van der Waals surface area contributed by atoms with Crippen LogP contribution in [0.15, 0.2) is 18.2 Å². The number of sulfone groups is 1. The van der Waals surface area contributed by atoms with Crippen LogP contribution in [0.3, 0.4) is 0 Å². The van der Waals surface area contributed by atoms with Gasteiger partial charge in [-0.15, -0.1) is 0 Å². The molecule has 1 N–H and O–H groups in total. The van der Waals surface area contributed by atoms with Crippen molar-refractivity contribution in [3.05, 3.63) is 29.6 Å². The second-order valence-electron chi connectivity index (χ2n) is 7.52. The Morgan fingerprint density at radius 3 is 2.54 bits per heavy atom. The van der Waals surface area contributed by atoms with E-state index in [4.69, 9.17) is 4.74 Å². The minimum atomic E-state index is -3.40. The Morgan fingerprint density at radius 1 is 1.25 bits per heavy atom. The fourth-order valence-electron chi connectivity index (χ4n) is 3.39. The van der Waals surface area contributed by atoms with Crippen LogP contribution in [-0.2, 0) is 25.9 Å². The Balaban J connectivity index is 1.89. The van der Waals surface area contributed by atoms with Crippen molar-refractivity contribution in [1.29, 1.82) is 0 Å².